The molecule has 1 heterocycles. The maximum atomic E-state index is 11.1. The lowest BCUT2D eigenvalue weighted by Crippen LogP contribution is -2.36. The Morgan fingerprint density at radius 2 is 1.80 bits per heavy atom. The van der Waals surface area contributed by atoms with Crippen LogP contribution in [0.15, 0.2) is 67.0 Å². The fourth-order valence-corrected chi connectivity index (χ4v) is 2.57. The number of aliphatic hydroxyl groups is 1. The smallest absolute Gasteiger partial charge is 0.127 e. The summed E-state index contributed by atoms with van der Waals surface area (Å²) >= 11 is 0. The first-order valence-corrected chi connectivity index (χ1v) is 6.57. The molecule has 0 fully saturated rings. The van der Waals surface area contributed by atoms with Gasteiger partial charge in [0, 0.05) is 24.3 Å². The lowest BCUT2D eigenvalue weighted by molar-refractivity contribution is 0.0918. The summed E-state index contributed by atoms with van der Waals surface area (Å²) in [6.45, 7) is 0.116. The van der Waals surface area contributed by atoms with Crippen LogP contribution in [-0.2, 0) is 5.60 Å². The van der Waals surface area contributed by atoms with Crippen LogP contribution in [0.3, 0.4) is 0 Å². The molecule has 3 nitrogen and oxygen atoms in total. The Labute approximate surface area is 117 Å². The second-order valence-electron chi connectivity index (χ2n) is 4.83. The predicted octanol–water partition coefficient (Wildman–Crippen LogP) is 2.43. The standard InChI is InChI=1S/C17H16N2O/c18-12-17(20,14-6-2-1-3-7-14)16-8-4-5-13-9-10-19-11-15(13)16/h1-11,20H,12,18H2. The third-order valence-electron chi connectivity index (χ3n) is 3.68. The van der Waals surface area contributed by atoms with E-state index in [0.29, 0.717) is 0 Å². The largest absolute Gasteiger partial charge is 0.379 e. The average Bonchev–Trinajstić information content (AvgIpc) is 2.54. The number of nitrogens with zero attached hydrogens (tertiary/aromatic N) is 1. The Hall–Kier alpha value is -2.23. The fraction of sp³-hybridized carbons (Fsp3) is 0.118. The maximum absolute atomic E-state index is 11.1. The highest BCUT2D eigenvalue weighted by atomic mass is 16.3. The van der Waals surface area contributed by atoms with Crippen LogP contribution in [0.2, 0.25) is 0 Å². The highest BCUT2D eigenvalue weighted by Gasteiger charge is 2.31. The molecule has 3 N–H and O–H groups in total. The van der Waals surface area contributed by atoms with Gasteiger partial charge in [0.1, 0.15) is 5.60 Å². The molecule has 1 unspecified atom stereocenters. The second-order valence-corrected chi connectivity index (χ2v) is 4.83. The van der Waals surface area contributed by atoms with E-state index >= 15 is 0 Å². The van der Waals surface area contributed by atoms with E-state index in [1.807, 2.05) is 54.6 Å². The summed E-state index contributed by atoms with van der Waals surface area (Å²) in [7, 11) is 0. The molecule has 1 atom stereocenters. The Morgan fingerprint density at radius 3 is 2.55 bits per heavy atom. The number of aromatic nitrogens is 1. The van der Waals surface area contributed by atoms with Gasteiger partial charge < -0.3 is 10.8 Å². The summed E-state index contributed by atoms with van der Waals surface area (Å²) in [4.78, 5) is 4.16. The zero-order valence-electron chi connectivity index (χ0n) is 11.0. The summed E-state index contributed by atoms with van der Waals surface area (Å²) < 4.78 is 0. The maximum Gasteiger partial charge on any atom is 0.127 e. The van der Waals surface area contributed by atoms with Crippen molar-refractivity contribution in [3.8, 4) is 0 Å². The van der Waals surface area contributed by atoms with Gasteiger partial charge in [0.25, 0.3) is 0 Å². The van der Waals surface area contributed by atoms with E-state index < -0.39 is 5.60 Å². The van der Waals surface area contributed by atoms with Crippen molar-refractivity contribution in [2.45, 2.75) is 5.60 Å². The molecular weight excluding hydrogens is 248 g/mol. The first-order chi connectivity index (χ1) is 9.75. The molecule has 0 aliphatic carbocycles. The van der Waals surface area contributed by atoms with E-state index in [1.54, 1.807) is 12.4 Å². The number of hydrogen-bond acceptors (Lipinski definition) is 3. The SMILES string of the molecule is NCC(O)(c1ccccc1)c1cccc2ccncc12. The van der Waals surface area contributed by atoms with Crippen LogP contribution in [0, 0.1) is 0 Å². The van der Waals surface area contributed by atoms with Gasteiger partial charge in [-0.15, -0.1) is 0 Å². The van der Waals surface area contributed by atoms with Gasteiger partial charge in [-0.2, -0.15) is 0 Å². The normalized spacial score (nSPS) is 14.1. The van der Waals surface area contributed by atoms with Crippen molar-refractivity contribution in [1.82, 2.24) is 4.98 Å². The third-order valence-corrected chi connectivity index (χ3v) is 3.68. The lowest BCUT2D eigenvalue weighted by atomic mass is 9.84. The van der Waals surface area contributed by atoms with Crippen molar-refractivity contribution in [2.24, 2.45) is 5.73 Å². The minimum Gasteiger partial charge on any atom is -0.379 e. The Kier molecular flexibility index (Phi) is 3.22. The van der Waals surface area contributed by atoms with E-state index in [0.717, 1.165) is 21.9 Å². The van der Waals surface area contributed by atoms with Crippen LogP contribution in [-0.4, -0.2) is 16.6 Å². The van der Waals surface area contributed by atoms with Gasteiger partial charge in [0.15, 0.2) is 0 Å². The van der Waals surface area contributed by atoms with Crippen LogP contribution in [0.1, 0.15) is 11.1 Å². The van der Waals surface area contributed by atoms with E-state index in [1.165, 1.54) is 0 Å². The Balaban J connectivity index is 2.27. The van der Waals surface area contributed by atoms with Gasteiger partial charge >= 0.3 is 0 Å². The summed E-state index contributed by atoms with van der Waals surface area (Å²) in [5.74, 6) is 0. The summed E-state index contributed by atoms with van der Waals surface area (Å²) in [6.07, 6.45) is 3.52. The van der Waals surface area contributed by atoms with Crippen molar-refractivity contribution < 1.29 is 5.11 Å². The van der Waals surface area contributed by atoms with Gasteiger partial charge in [-0.25, -0.2) is 0 Å². The minimum atomic E-state index is -1.20. The summed E-state index contributed by atoms with van der Waals surface area (Å²) in [5.41, 5.74) is 6.27. The van der Waals surface area contributed by atoms with E-state index in [4.69, 9.17) is 5.73 Å². The van der Waals surface area contributed by atoms with Crippen molar-refractivity contribution >= 4 is 10.8 Å². The van der Waals surface area contributed by atoms with E-state index in [9.17, 15) is 5.11 Å². The summed E-state index contributed by atoms with van der Waals surface area (Å²) in [6, 6.07) is 17.3. The van der Waals surface area contributed by atoms with Crippen molar-refractivity contribution in [3.05, 3.63) is 78.1 Å². The molecule has 20 heavy (non-hydrogen) atoms. The highest BCUT2D eigenvalue weighted by Crippen LogP contribution is 2.33. The zero-order valence-corrected chi connectivity index (χ0v) is 11.0. The monoisotopic (exact) mass is 264 g/mol. The number of benzene rings is 2. The number of fused-ring (bicyclic) bond motifs is 1. The third kappa shape index (κ3) is 1.97. The zero-order chi connectivity index (χ0) is 14.0. The Morgan fingerprint density at radius 1 is 1.00 bits per heavy atom. The summed E-state index contributed by atoms with van der Waals surface area (Å²) in [5, 5.41) is 13.1. The minimum absolute atomic E-state index is 0.116. The molecule has 0 aliphatic rings. The van der Waals surface area contributed by atoms with Gasteiger partial charge in [-0.3, -0.25) is 4.98 Å². The Bertz CT molecular complexity index is 722. The molecule has 0 saturated carbocycles. The van der Waals surface area contributed by atoms with E-state index in [-0.39, 0.29) is 6.54 Å². The van der Waals surface area contributed by atoms with Gasteiger partial charge in [0.2, 0.25) is 0 Å². The van der Waals surface area contributed by atoms with Crippen molar-refractivity contribution in [3.63, 3.8) is 0 Å². The van der Waals surface area contributed by atoms with Crippen LogP contribution < -0.4 is 5.73 Å². The number of pyridine rings is 1. The first kappa shape index (κ1) is 12.8. The van der Waals surface area contributed by atoms with Crippen LogP contribution >= 0.6 is 0 Å². The second kappa shape index (κ2) is 5.04. The van der Waals surface area contributed by atoms with Gasteiger partial charge in [-0.05, 0) is 22.6 Å². The lowest BCUT2D eigenvalue weighted by Gasteiger charge is -2.29. The van der Waals surface area contributed by atoms with Gasteiger partial charge in [0.05, 0.1) is 0 Å². The number of hydrogen-bond donors (Lipinski definition) is 2. The molecule has 0 saturated heterocycles. The molecular formula is C17H16N2O. The van der Waals surface area contributed by atoms with Crippen LogP contribution in [0.5, 0.6) is 0 Å². The topological polar surface area (TPSA) is 59.1 Å². The van der Waals surface area contributed by atoms with Gasteiger partial charge in [-0.1, -0.05) is 48.5 Å². The first-order valence-electron chi connectivity index (χ1n) is 6.57. The molecule has 3 aromatic rings. The molecule has 0 spiro atoms. The molecule has 0 radical (unpaired) electrons. The van der Waals surface area contributed by atoms with Crippen LogP contribution in [0.25, 0.3) is 10.8 Å². The quantitative estimate of drug-likeness (QED) is 0.764. The molecule has 0 bridgehead atoms. The van der Waals surface area contributed by atoms with Crippen LogP contribution in [0.4, 0.5) is 0 Å². The molecule has 2 aromatic carbocycles. The van der Waals surface area contributed by atoms with E-state index in [2.05, 4.69) is 4.98 Å². The predicted molar refractivity (Wildman–Crippen MR) is 80.2 cm³/mol. The highest BCUT2D eigenvalue weighted by molar-refractivity contribution is 5.86. The van der Waals surface area contributed by atoms with Crippen molar-refractivity contribution in [1.29, 1.82) is 0 Å². The molecule has 0 amide bonds. The molecule has 1 aromatic heterocycles. The molecule has 3 heteroatoms. The molecule has 3 rings (SSSR count). The fourth-order valence-electron chi connectivity index (χ4n) is 2.57. The molecule has 100 valence electrons. The molecule has 0 aliphatic heterocycles. The van der Waals surface area contributed by atoms with Crippen molar-refractivity contribution in [2.75, 3.05) is 6.54 Å². The average molecular weight is 264 g/mol. The number of nitrogens with two attached hydrogens (primary N) is 1. The number of rotatable bonds is 3.